The molecule has 3 N–H and O–H groups in total. The van der Waals surface area contributed by atoms with E-state index < -0.39 is 6.04 Å². The van der Waals surface area contributed by atoms with Crippen molar-refractivity contribution in [1.29, 1.82) is 0 Å². The molecule has 128 valence electrons. The number of hydrogen-bond donors (Lipinski definition) is 3. The minimum Gasteiger partial charge on any atom is -0.337 e. The summed E-state index contributed by atoms with van der Waals surface area (Å²) in [4.78, 5) is 26.9. The summed E-state index contributed by atoms with van der Waals surface area (Å²) >= 11 is 0. The fraction of sp³-hybridized carbons (Fsp3) is 0.556. The molecular weight excluding hydrogens is 304 g/mol. The molecule has 1 saturated carbocycles. The summed E-state index contributed by atoms with van der Waals surface area (Å²) in [6.45, 7) is 2.31. The Bertz CT molecular complexity index is 662. The van der Waals surface area contributed by atoms with Crippen molar-refractivity contribution in [2.75, 3.05) is 0 Å². The first-order valence-corrected chi connectivity index (χ1v) is 8.85. The molecule has 1 aromatic carbocycles. The highest BCUT2D eigenvalue weighted by atomic mass is 16.2. The third-order valence-electron chi connectivity index (χ3n) is 5.67. The second-order valence-corrected chi connectivity index (χ2v) is 7.10. The Balaban J connectivity index is 1.41. The van der Waals surface area contributed by atoms with Gasteiger partial charge in [-0.15, -0.1) is 0 Å². The Labute approximate surface area is 141 Å². The Kier molecular flexibility index (Phi) is 4.02. The number of fused-ring (bicyclic) bond motifs is 2. The summed E-state index contributed by atoms with van der Waals surface area (Å²) in [6, 6.07) is 7.54. The number of carbonyl (C=O) groups is 2. The van der Waals surface area contributed by atoms with Gasteiger partial charge in [0, 0.05) is 24.1 Å². The molecule has 0 aromatic heterocycles. The molecule has 4 atom stereocenters. The molecular formula is C18H24N4O2. The van der Waals surface area contributed by atoms with Gasteiger partial charge in [0.25, 0.3) is 5.91 Å². The van der Waals surface area contributed by atoms with Crippen LogP contribution in [0.15, 0.2) is 24.3 Å². The Morgan fingerprint density at radius 2 is 2.04 bits per heavy atom. The van der Waals surface area contributed by atoms with Crippen LogP contribution in [0.4, 0.5) is 0 Å². The maximum absolute atomic E-state index is 12.7. The average Bonchev–Trinajstić information content (AvgIpc) is 3.16. The smallest absolute Gasteiger partial charge is 0.255 e. The fourth-order valence-electron chi connectivity index (χ4n) is 4.19. The van der Waals surface area contributed by atoms with E-state index in [9.17, 15) is 9.59 Å². The van der Waals surface area contributed by atoms with E-state index in [0.717, 1.165) is 18.4 Å². The second kappa shape index (κ2) is 6.18. The van der Waals surface area contributed by atoms with E-state index in [0.29, 0.717) is 24.1 Å². The molecule has 1 aromatic rings. The highest BCUT2D eigenvalue weighted by Gasteiger charge is 2.40. The Morgan fingerprint density at radius 1 is 1.25 bits per heavy atom. The SMILES string of the molecule is C[C@@H](C(=O)NC1NNC2CCCCC21)N1Cc2ccccc2C1=O. The van der Waals surface area contributed by atoms with Crippen LogP contribution in [-0.4, -0.2) is 35.0 Å². The Morgan fingerprint density at radius 3 is 2.88 bits per heavy atom. The lowest BCUT2D eigenvalue weighted by molar-refractivity contribution is -0.126. The minimum atomic E-state index is -0.477. The van der Waals surface area contributed by atoms with Crippen molar-refractivity contribution in [2.45, 2.75) is 57.4 Å². The van der Waals surface area contributed by atoms with Crippen molar-refractivity contribution >= 4 is 11.8 Å². The van der Waals surface area contributed by atoms with E-state index in [1.165, 1.54) is 12.8 Å². The lowest BCUT2D eigenvalue weighted by Gasteiger charge is -2.29. The highest BCUT2D eigenvalue weighted by Crippen LogP contribution is 2.29. The van der Waals surface area contributed by atoms with Gasteiger partial charge >= 0.3 is 0 Å². The number of carbonyl (C=O) groups excluding carboxylic acids is 2. The van der Waals surface area contributed by atoms with Crippen molar-refractivity contribution in [2.24, 2.45) is 5.92 Å². The molecule has 1 aliphatic carbocycles. The largest absolute Gasteiger partial charge is 0.337 e. The quantitative estimate of drug-likeness (QED) is 0.778. The van der Waals surface area contributed by atoms with Gasteiger partial charge in [-0.1, -0.05) is 31.0 Å². The van der Waals surface area contributed by atoms with Crippen LogP contribution in [0, 0.1) is 5.92 Å². The number of amides is 2. The molecule has 2 fully saturated rings. The number of hydrogen-bond acceptors (Lipinski definition) is 4. The fourth-order valence-corrected chi connectivity index (χ4v) is 4.19. The highest BCUT2D eigenvalue weighted by molar-refractivity contribution is 6.01. The van der Waals surface area contributed by atoms with Gasteiger partial charge in [0.05, 0.1) is 6.17 Å². The van der Waals surface area contributed by atoms with E-state index in [4.69, 9.17) is 0 Å². The molecule has 6 nitrogen and oxygen atoms in total. The van der Waals surface area contributed by atoms with Crippen molar-refractivity contribution < 1.29 is 9.59 Å². The van der Waals surface area contributed by atoms with Crippen LogP contribution >= 0.6 is 0 Å². The molecule has 0 bridgehead atoms. The second-order valence-electron chi connectivity index (χ2n) is 7.10. The summed E-state index contributed by atoms with van der Waals surface area (Å²) in [5.74, 6) is 0.282. The zero-order valence-electron chi connectivity index (χ0n) is 13.9. The average molecular weight is 328 g/mol. The molecule has 0 spiro atoms. The number of benzene rings is 1. The van der Waals surface area contributed by atoms with Crippen LogP contribution < -0.4 is 16.2 Å². The summed E-state index contributed by atoms with van der Waals surface area (Å²) in [5.41, 5.74) is 8.23. The number of nitrogens with one attached hydrogen (secondary N) is 3. The number of rotatable bonds is 3. The third-order valence-corrected chi connectivity index (χ3v) is 5.67. The molecule has 6 heteroatoms. The van der Waals surface area contributed by atoms with Gasteiger partial charge < -0.3 is 10.2 Å². The van der Waals surface area contributed by atoms with E-state index in [-0.39, 0.29) is 18.0 Å². The van der Waals surface area contributed by atoms with Crippen molar-refractivity contribution in [1.82, 2.24) is 21.1 Å². The van der Waals surface area contributed by atoms with Crippen molar-refractivity contribution in [3.8, 4) is 0 Å². The number of hydrazine groups is 1. The van der Waals surface area contributed by atoms with E-state index in [1.807, 2.05) is 24.3 Å². The van der Waals surface area contributed by atoms with Gasteiger partial charge in [0.2, 0.25) is 5.91 Å². The first kappa shape index (κ1) is 15.6. The lowest BCUT2D eigenvalue weighted by Crippen LogP contribution is -2.53. The van der Waals surface area contributed by atoms with Crippen molar-refractivity contribution in [3.63, 3.8) is 0 Å². The van der Waals surface area contributed by atoms with Gasteiger partial charge in [0.15, 0.2) is 0 Å². The molecule has 0 radical (unpaired) electrons. The van der Waals surface area contributed by atoms with E-state index in [1.54, 1.807) is 11.8 Å². The maximum Gasteiger partial charge on any atom is 0.255 e. The standard InChI is InChI=1S/C18H24N4O2/c1-11(22-10-12-6-2-3-7-13(12)18(22)24)17(23)19-16-14-8-4-5-9-15(14)20-21-16/h2-3,6-7,11,14-16,20-21H,4-5,8-10H2,1H3,(H,19,23)/t11-,14?,15?,16?/m0/s1. The van der Waals surface area contributed by atoms with Gasteiger partial charge in [-0.2, -0.15) is 0 Å². The topological polar surface area (TPSA) is 73.5 Å². The van der Waals surface area contributed by atoms with Gasteiger partial charge in [-0.25, -0.2) is 5.43 Å². The van der Waals surface area contributed by atoms with Gasteiger partial charge in [-0.3, -0.25) is 15.0 Å². The molecule has 4 rings (SSSR count). The third kappa shape index (κ3) is 2.59. The van der Waals surface area contributed by atoms with Crippen LogP contribution in [0.3, 0.4) is 0 Å². The lowest BCUT2D eigenvalue weighted by atomic mass is 9.84. The summed E-state index contributed by atoms with van der Waals surface area (Å²) in [7, 11) is 0. The van der Waals surface area contributed by atoms with Crippen LogP contribution in [0.5, 0.6) is 0 Å². The van der Waals surface area contributed by atoms with Gasteiger partial charge in [0.1, 0.15) is 6.04 Å². The minimum absolute atomic E-state index is 0.0506. The molecule has 2 heterocycles. The zero-order valence-corrected chi connectivity index (χ0v) is 13.9. The number of nitrogens with zero attached hydrogens (tertiary/aromatic N) is 1. The predicted molar refractivity (Wildman–Crippen MR) is 89.7 cm³/mol. The van der Waals surface area contributed by atoms with Crippen LogP contribution in [0.1, 0.15) is 48.5 Å². The molecule has 2 amide bonds. The Hall–Kier alpha value is -1.92. The normalized spacial score (nSPS) is 30.0. The van der Waals surface area contributed by atoms with Gasteiger partial charge in [-0.05, 0) is 31.4 Å². The molecule has 3 unspecified atom stereocenters. The van der Waals surface area contributed by atoms with Crippen LogP contribution in [0.2, 0.25) is 0 Å². The van der Waals surface area contributed by atoms with E-state index in [2.05, 4.69) is 16.2 Å². The molecule has 24 heavy (non-hydrogen) atoms. The predicted octanol–water partition coefficient (Wildman–Crippen LogP) is 1.14. The maximum atomic E-state index is 12.7. The summed E-state index contributed by atoms with van der Waals surface area (Å²) in [6.07, 6.45) is 4.68. The van der Waals surface area contributed by atoms with Crippen LogP contribution in [0.25, 0.3) is 0 Å². The zero-order chi connectivity index (χ0) is 16.7. The monoisotopic (exact) mass is 328 g/mol. The van der Waals surface area contributed by atoms with Crippen molar-refractivity contribution in [3.05, 3.63) is 35.4 Å². The molecule has 3 aliphatic rings. The first-order valence-electron chi connectivity index (χ1n) is 8.85. The first-order chi connectivity index (χ1) is 11.6. The molecule has 1 saturated heterocycles. The van der Waals surface area contributed by atoms with Crippen LogP contribution in [-0.2, 0) is 11.3 Å². The summed E-state index contributed by atoms with van der Waals surface area (Å²) < 4.78 is 0. The summed E-state index contributed by atoms with van der Waals surface area (Å²) in [5, 5.41) is 3.10. The van der Waals surface area contributed by atoms with E-state index >= 15 is 0 Å². The molecule has 2 aliphatic heterocycles.